The number of rotatable bonds is 7. The first-order chi connectivity index (χ1) is 10.8. The van der Waals surface area contributed by atoms with Crippen LogP contribution in [0.4, 0.5) is 0 Å². The lowest BCUT2D eigenvalue weighted by molar-refractivity contribution is 0.730. The van der Waals surface area contributed by atoms with Gasteiger partial charge in [0.15, 0.2) is 11.8 Å². The third kappa shape index (κ3) is 4.87. The number of nitrogens with one attached hydrogen (secondary N) is 2. The predicted molar refractivity (Wildman–Crippen MR) is 89.1 cm³/mol. The van der Waals surface area contributed by atoms with Crippen molar-refractivity contribution in [3.05, 3.63) is 42.4 Å². The summed E-state index contributed by atoms with van der Waals surface area (Å²) in [6.45, 7) is 6.65. The Morgan fingerprint density at radius 2 is 2.18 bits per heavy atom. The molecule has 0 radical (unpaired) electrons. The molecular formula is C16H24N6. The third-order valence-corrected chi connectivity index (χ3v) is 3.14. The Morgan fingerprint density at radius 3 is 2.91 bits per heavy atom. The molecule has 0 aliphatic carbocycles. The highest BCUT2D eigenvalue weighted by molar-refractivity contribution is 5.79. The molecule has 118 valence electrons. The van der Waals surface area contributed by atoms with Crippen LogP contribution in [0.3, 0.4) is 0 Å². The van der Waals surface area contributed by atoms with Crippen LogP contribution in [0.1, 0.15) is 32.3 Å². The van der Waals surface area contributed by atoms with Crippen LogP contribution in [-0.4, -0.2) is 33.8 Å². The molecule has 0 amide bonds. The largest absolute Gasteiger partial charge is 0.357 e. The second kappa shape index (κ2) is 8.81. The number of nitrogens with zero attached hydrogens (tertiary/aromatic N) is 4. The summed E-state index contributed by atoms with van der Waals surface area (Å²) in [5.74, 6) is 1.66. The second-order valence-electron chi connectivity index (χ2n) is 4.95. The van der Waals surface area contributed by atoms with E-state index >= 15 is 0 Å². The topological polar surface area (TPSA) is 67.1 Å². The van der Waals surface area contributed by atoms with Crippen molar-refractivity contribution in [1.29, 1.82) is 0 Å². The minimum atomic E-state index is 0.609. The molecule has 0 fully saturated rings. The van der Waals surface area contributed by atoms with Crippen LogP contribution < -0.4 is 10.6 Å². The van der Waals surface area contributed by atoms with Crippen LogP contribution in [0.2, 0.25) is 0 Å². The van der Waals surface area contributed by atoms with Crippen LogP contribution in [0, 0.1) is 0 Å². The molecule has 0 aliphatic rings. The smallest absolute Gasteiger partial charge is 0.191 e. The van der Waals surface area contributed by atoms with Gasteiger partial charge in [0, 0.05) is 31.7 Å². The lowest BCUT2D eigenvalue weighted by Crippen LogP contribution is -2.37. The molecule has 0 saturated carbocycles. The number of aromatic nitrogens is 3. The molecule has 0 spiro atoms. The zero-order valence-electron chi connectivity index (χ0n) is 13.3. The molecule has 0 aliphatic heterocycles. The molecular weight excluding hydrogens is 276 g/mol. The minimum absolute atomic E-state index is 0.609. The summed E-state index contributed by atoms with van der Waals surface area (Å²) in [6, 6.07) is 5.87. The van der Waals surface area contributed by atoms with Gasteiger partial charge in [-0.1, -0.05) is 13.3 Å². The molecule has 6 heteroatoms. The summed E-state index contributed by atoms with van der Waals surface area (Å²) < 4.78 is 1.75. The SMILES string of the molecule is CCCCNC(=NCc1ccnc(-n2cccn2)c1)NCC. The average Bonchev–Trinajstić information content (AvgIpc) is 3.07. The summed E-state index contributed by atoms with van der Waals surface area (Å²) in [4.78, 5) is 8.94. The number of hydrogen-bond acceptors (Lipinski definition) is 3. The number of unbranched alkanes of at least 4 members (excludes halogenated alkanes) is 1. The quantitative estimate of drug-likeness (QED) is 0.467. The van der Waals surface area contributed by atoms with Gasteiger partial charge in [0.2, 0.25) is 0 Å². The van der Waals surface area contributed by atoms with Gasteiger partial charge >= 0.3 is 0 Å². The van der Waals surface area contributed by atoms with E-state index < -0.39 is 0 Å². The molecule has 0 saturated heterocycles. The van der Waals surface area contributed by atoms with Crippen LogP contribution in [-0.2, 0) is 6.54 Å². The van der Waals surface area contributed by atoms with Crippen molar-refractivity contribution in [1.82, 2.24) is 25.4 Å². The highest BCUT2D eigenvalue weighted by Gasteiger charge is 2.01. The van der Waals surface area contributed by atoms with E-state index in [-0.39, 0.29) is 0 Å². The molecule has 2 heterocycles. The lowest BCUT2D eigenvalue weighted by atomic mass is 10.2. The maximum absolute atomic E-state index is 4.61. The van der Waals surface area contributed by atoms with Gasteiger partial charge in [0.05, 0.1) is 6.54 Å². The summed E-state index contributed by atoms with van der Waals surface area (Å²) in [5.41, 5.74) is 1.10. The molecule has 2 rings (SSSR count). The van der Waals surface area contributed by atoms with E-state index in [1.807, 2.05) is 24.4 Å². The zero-order chi connectivity index (χ0) is 15.6. The summed E-state index contributed by atoms with van der Waals surface area (Å²) in [5, 5.41) is 10.8. The highest BCUT2D eigenvalue weighted by atomic mass is 15.3. The summed E-state index contributed by atoms with van der Waals surface area (Å²) in [7, 11) is 0. The monoisotopic (exact) mass is 300 g/mol. The van der Waals surface area contributed by atoms with Gasteiger partial charge in [-0.25, -0.2) is 14.7 Å². The molecule has 0 bridgehead atoms. The van der Waals surface area contributed by atoms with Gasteiger partial charge in [0.1, 0.15) is 0 Å². The van der Waals surface area contributed by atoms with E-state index in [2.05, 4.69) is 39.6 Å². The molecule has 0 atom stereocenters. The maximum Gasteiger partial charge on any atom is 0.191 e. The first kappa shape index (κ1) is 16.0. The van der Waals surface area contributed by atoms with Gasteiger partial charge in [-0.05, 0) is 37.1 Å². The predicted octanol–water partition coefficient (Wildman–Crippen LogP) is 2.12. The fourth-order valence-corrected chi connectivity index (χ4v) is 1.98. The van der Waals surface area contributed by atoms with Crippen molar-refractivity contribution in [2.75, 3.05) is 13.1 Å². The molecule has 2 N–H and O–H groups in total. The molecule has 22 heavy (non-hydrogen) atoms. The molecule has 0 unspecified atom stereocenters. The summed E-state index contributed by atoms with van der Waals surface area (Å²) in [6.07, 6.45) is 7.73. The van der Waals surface area contributed by atoms with Crippen LogP contribution in [0.5, 0.6) is 0 Å². The van der Waals surface area contributed by atoms with Gasteiger partial charge in [-0.2, -0.15) is 5.10 Å². The Morgan fingerprint density at radius 1 is 1.27 bits per heavy atom. The van der Waals surface area contributed by atoms with Gasteiger partial charge in [-0.15, -0.1) is 0 Å². The first-order valence-corrected chi connectivity index (χ1v) is 7.80. The van der Waals surface area contributed by atoms with Crippen molar-refractivity contribution in [2.45, 2.75) is 33.2 Å². The Hall–Kier alpha value is -2.37. The highest BCUT2D eigenvalue weighted by Crippen LogP contribution is 2.07. The van der Waals surface area contributed by atoms with E-state index in [0.717, 1.165) is 36.9 Å². The number of pyridine rings is 1. The van der Waals surface area contributed by atoms with Crippen molar-refractivity contribution in [2.24, 2.45) is 4.99 Å². The fraction of sp³-hybridized carbons (Fsp3) is 0.438. The zero-order valence-corrected chi connectivity index (χ0v) is 13.3. The number of aliphatic imine (C=N–C) groups is 1. The van der Waals surface area contributed by atoms with Crippen LogP contribution in [0.15, 0.2) is 41.8 Å². The number of hydrogen-bond donors (Lipinski definition) is 2. The Bertz CT molecular complexity index is 576. The lowest BCUT2D eigenvalue weighted by Gasteiger charge is -2.11. The van der Waals surface area contributed by atoms with Crippen molar-refractivity contribution in [3.8, 4) is 5.82 Å². The molecule has 0 aromatic carbocycles. The van der Waals surface area contributed by atoms with Gasteiger partial charge in [0.25, 0.3) is 0 Å². The maximum atomic E-state index is 4.61. The van der Waals surface area contributed by atoms with E-state index in [1.165, 1.54) is 6.42 Å². The fourth-order valence-electron chi connectivity index (χ4n) is 1.98. The van der Waals surface area contributed by atoms with E-state index in [0.29, 0.717) is 6.54 Å². The molecule has 6 nitrogen and oxygen atoms in total. The Labute approximate surface area is 131 Å². The van der Waals surface area contributed by atoms with E-state index in [4.69, 9.17) is 0 Å². The van der Waals surface area contributed by atoms with E-state index in [1.54, 1.807) is 17.1 Å². The van der Waals surface area contributed by atoms with E-state index in [9.17, 15) is 0 Å². The first-order valence-electron chi connectivity index (χ1n) is 7.80. The Kier molecular flexibility index (Phi) is 6.41. The summed E-state index contributed by atoms with van der Waals surface area (Å²) >= 11 is 0. The van der Waals surface area contributed by atoms with Crippen LogP contribution in [0.25, 0.3) is 5.82 Å². The molecule has 2 aromatic rings. The van der Waals surface area contributed by atoms with Crippen molar-refractivity contribution >= 4 is 5.96 Å². The number of guanidine groups is 1. The van der Waals surface area contributed by atoms with Crippen molar-refractivity contribution < 1.29 is 0 Å². The average molecular weight is 300 g/mol. The van der Waals surface area contributed by atoms with Crippen molar-refractivity contribution in [3.63, 3.8) is 0 Å². The second-order valence-corrected chi connectivity index (χ2v) is 4.95. The van der Waals surface area contributed by atoms with Gasteiger partial charge < -0.3 is 10.6 Å². The third-order valence-electron chi connectivity index (χ3n) is 3.14. The molecule has 2 aromatic heterocycles. The van der Waals surface area contributed by atoms with Crippen LogP contribution >= 0.6 is 0 Å². The standard InChI is InChI=1S/C16H24N6/c1-3-5-8-19-16(17-4-2)20-13-14-7-10-18-15(12-14)22-11-6-9-21-22/h6-7,9-12H,3-5,8,13H2,1-2H3,(H2,17,19,20). The normalized spacial score (nSPS) is 11.5. The minimum Gasteiger partial charge on any atom is -0.357 e. The Balaban J connectivity index is 2.01. The van der Waals surface area contributed by atoms with Gasteiger partial charge in [-0.3, -0.25) is 0 Å².